The van der Waals surface area contributed by atoms with Gasteiger partial charge in [0.2, 0.25) is 5.95 Å². The number of nitrogen functional groups attached to an aromatic ring is 1. The smallest absolute Gasteiger partial charge is 0.222 e. The molecule has 0 bridgehead atoms. The number of anilines is 2. The Hall–Kier alpha value is -4.02. The Morgan fingerprint density at radius 2 is 1.68 bits per heavy atom. The number of halogens is 4. The molecule has 2 atom stereocenters. The summed E-state index contributed by atoms with van der Waals surface area (Å²) in [4.78, 5) is 12.6. The molecule has 7 nitrogen and oxygen atoms in total. The normalized spacial score (nSPS) is 17.1. The van der Waals surface area contributed by atoms with E-state index in [9.17, 15) is 13.2 Å². The number of aromatic nitrogens is 5. The highest BCUT2D eigenvalue weighted by molar-refractivity contribution is 5.60. The molecule has 0 spiro atoms. The maximum atomic E-state index is 15.1. The van der Waals surface area contributed by atoms with E-state index in [1.165, 1.54) is 17.1 Å². The summed E-state index contributed by atoms with van der Waals surface area (Å²) >= 11 is 0. The lowest BCUT2D eigenvalue weighted by Gasteiger charge is -2.16. The van der Waals surface area contributed by atoms with E-state index in [1.807, 2.05) is 0 Å². The average Bonchev–Trinajstić information content (AvgIpc) is 3.40. The first-order chi connectivity index (χ1) is 16.3. The third-order valence-corrected chi connectivity index (χ3v) is 6.02. The highest BCUT2D eigenvalue weighted by Gasteiger charge is 2.38. The summed E-state index contributed by atoms with van der Waals surface area (Å²) in [5, 5.41) is 7.11. The Balaban J connectivity index is 1.63. The zero-order valence-corrected chi connectivity index (χ0v) is 18.2. The van der Waals surface area contributed by atoms with Gasteiger partial charge in [0.25, 0.3) is 0 Å². The van der Waals surface area contributed by atoms with Gasteiger partial charge in [-0.15, -0.1) is 0 Å². The summed E-state index contributed by atoms with van der Waals surface area (Å²) < 4.78 is 58.1. The summed E-state index contributed by atoms with van der Waals surface area (Å²) in [5.74, 6) is -4.78. The molecule has 0 saturated heterocycles. The molecule has 3 N–H and O–H groups in total. The molecule has 34 heavy (non-hydrogen) atoms. The van der Waals surface area contributed by atoms with Crippen LogP contribution in [0.1, 0.15) is 46.5 Å². The van der Waals surface area contributed by atoms with Gasteiger partial charge in [0.15, 0.2) is 17.5 Å². The molecule has 5 rings (SSSR count). The van der Waals surface area contributed by atoms with Crippen LogP contribution in [-0.4, -0.2) is 31.8 Å². The highest BCUT2D eigenvalue weighted by Crippen LogP contribution is 2.50. The zero-order chi connectivity index (χ0) is 24.1. The van der Waals surface area contributed by atoms with Gasteiger partial charge in [0.05, 0.1) is 5.69 Å². The van der Waals surface area contributed by atoms with Gasteiger partial charge < -0.3 is 11.1 Å². The lowest BCUT2D eigenvalue weighted by atomic mass is 9.90. The van der Waals surface area contributed by atoms with Crippen molar-refractivity contribution in [3.63, 3.8) is 0 Å². The van der Waals surface area contributed by atoms with Gasteiger partial charge in [-0.25, -0.2) is 32.2 Å². The third-order valence-electron chi connectivity index (χ3n) is 6.02. The van der Waals surface area contributed by atoms with Gasteiger partial charge in [-0.2, -0.15) is 10.1 Å². The van der Waals surface area contributed by atoms with Crippen molar-refractivity contribution >= 4 is 11.8 Å². The van der Waals surface area contributed by atoms with Crippen molar-refractivity contribution in [2.45, 2.75) is 25.2 Å². The molecule has 0 amide bonds. The Kier molecular flexibility index (Phi) is 5.18. The summed E-state index contributed by atoms with van der Waals surface area (Å²) in [5.41, 5.74) is 8.00. The van der Waals surface area contributed by atoms with Crippen LogP contribution in [0.4, 0.5) is 29.3 Å². The second kappa shape index (κ2) is 8.08. The quantitative estimate of drug-likeness (QED) is 0.344. The van der Waals surface area contributed by atoms with Gasteiger partial charge in [0, 0.05) is 24.4 Å². The fourth-order valence-corrected chi connectivity index (χ4v) is 4.53. The SMILES string of the molecule is CNc1nc(N)nc2c1C(c1ccc(-n3cnc(C)n3)c(F)c1)CC2c1cc(F)c(F)c(F)c1. The predicted molar refractivity (Wildman–Crippen MR) is 117 cm³/mol. The first-order valence-electron chi connectivity index (χ1n) is 10.4. The van der Waals surface area contributed by atoms with E-state index in [1.54, 1.807) is 26.1 Å². The topological polar surface area (TPSA) is 94.5 Å². The van der Waals surface area contributed by atoms with E-state index in [0.29, 0.717) is 34.9 Å². The van der Waals surface area contributed by atoms with Crippen molar-refractivity contribution in [2.75, 3.05) is 18.1 Å². The molecule has 0 aliphatic heterocycles. The van der Waals surface area contributed by atoms with E-state index >= 15 is 4.39 Å². The molecule has 2 unspecified atom stereocenters. The number of aryl methyl sites for hydroxylation is 1. The monoisotopic (exact) mass is 469 g/mol. The molecule has 174 valence electrons. The van der Waals surface area contributed by atoms with Crippen LogP contribution in [0.2, 0.25) is 0 Å². The molecule has 0 fully saturated rings. The number of rotatable bonds is 4. The van der Waals surface area contributed by atoms with E-state index in [2.05, 4.69) is 25.4 Å². The number of nitrogens with two attached hydrogens (primary N) is 1. The van der Waals surface area contributed by atoms with Crippen molar-refractivity contribution in [3.8, 4) is 5.69 Å². The van der Waals surface area contributed by atoms with Crippen LogP contribution in [0.15, 0.2) is 36.7 Å². The van der Waals surface area contributed by atoms with Crippen LogP contribution >= 0.6 is 0 Å². The van der Waals surface area contributed by atoms with Crippen molar-refractivity contribution in [1.29, 1.82) is 0 Å². The van der Waals surface area contributed by atoms with Crippen LogP contribution in [0.5, 0.6) is 0 Å². The van der Waals surface area contributed by atoms with Crippen LogP contribution in [0.25, 0.3) is 5.69 Å². The molecule has 4 aromatic rings. The zero-order valence-electron chi connectivity index (χ0n) is 18.2. The Morgan fingerprint density at radius 1 is 0.971 bits per heavy atom. The number of hydrogen-bond donors (Lipinski definition) is 2. The maximum Gasteiger partial charge on any atom is 0.222 e. The van der Waals surface area contributed by atoms with Crippen LogP contribution in [0, 0.1) is 30.2 Å². The van der Waals surface area contributed by atoms with Crippen molar-refractivity contribution in [2.24, 2.45) is 0 Å². The Bertz CT molecular complexity index is 1400. The van der Waals surface area contributed by atoms with Gasteiger partial charge >= 0.3 is 0 Å². The van der Waals surface area contributed by atoms with Crippen molar-refractivity contribution < 1.29 is 17.6 Å². The first kappa shape index (κ1) is 21.8. The molecule has 0 radical (unpaired) electrons. The standard InChI is InChI=1S/C23H19F4N7/c1-10-30-9-34(33-10)18-4-3-11(5-15(18)24)13-8-14(12-6-16(25)20(27)17(26)7-12)21-19(13)22(29-2)32-23(28)31-21/h3-7,9,13-14H,8H2,1-2H3,(H3,28,29,31,32). The Morgan fingerprint density at radius 3 is 2.29 bits per heavy atom. The fourth-order valence-electron chi connectivity index (χ4n) is 4.53. The molecule has 11 heteroatoms. The highest BCUT2D eigenvalue weighted by atomic mass is 19.2. The number of hydrogen-bond acceptors (Lipinski definition) is 6. The van der Waals surface area contributed by atoms with Crippen molar-refractivity contribution in [1.82, 2.24) is 24.7 Å². The van der Waals surface area contributed by atoms with Crippen molar-refractivity contribution in [3.05, 3.63) is 88.1 Å². The fraction of sp³-hybridized carbons (Fsp3) is 0.217. The van der Waals surface area contributed by atoms with Gasteiger partial charge in [-0.1, -0.05) is 6.07 Å². The minimum absolute atomic E-state index is 0.0279. The molecule has 2 heterocycles. The lowest BCUT2D eigenvalue weighted by Crippen LogP contribution is -2.09. The molecular weight excluding hydrogens is 450 g/mol. The summed E-state index contributed by atoms with van der Waals surface area (Å²) in [7, 11) is 1.65. The summed E-state index contributed by atoms with van der Waals surface area (Å²) in [6, 6.07) is 6.60. The molecule has 1 aliphatic carbocycles. The summed E-state index contributed by atoms with van der Waals surface area (Å²) in [6.07, 6.45) is 1.72. The van der Waals surface area contributed by atoms with E-state index in [0.717, 1.165) is 12.1 Å². The third kappa shape index (κ3) is 3.53. The largest absolute Gasteiger partial charge is 0.373 e. The molecule has 2 aromatic carbocycles. The number of benzene rings is 2. The van der Waals surface area contributed by atoms with E-state index in [-0.39, 0.29) is 17.2 Å². The van der Waals surface area contributed by atoms with Gasteiger partial charge in [-0.3, -0.25) is 0 Å². The minimum Gasteiger partial charge on any atom is -0.373 e. The number of fused-ring (bicyclic) bond motifs is 1. The molecule has 2 aromatic heterocycles. The molecular formula is C23H19F4N7. The number of nitrogens with zero attached hydrogens (tertiary/aromatic N) is 5. The van der Waals surface area contributed by atoms with Crippen LogP contribution < -0.4 is 11.1 Å². The first-order valence-corrected chi connectivity index (χ1v) is 10.4. The van der Waals surface area contributed by atoms with E-state index < -0.39 is 35.1 Å². The van der Waals surface area contributed by atoms with Gasteiger partial charge in [-0.05, 0) is 48.7 Å². The maximum absolute atomic E-state index is 15.1. The molecule has 1 aliphatic rings. The van der Waals surface area contributed by atoms with Gasteiger partial charge in [0.1, 0.15) is 29.5 Å². The van der Waals surface area contributed by atoms with E-state index in [4.69, 9.17) is 5.73 Å². The Labute approximate surface area is 191 Å². The summed E-state index contributed by atoms with van der Waals surface area (Å²) in [6.45, 7) is 1.70. The predicted octanol–water partition coefficient (Wildman–Crippen LogP) is 4.21. The molecule has 0 saturated carbocycles. The average molecular weight is 469 g/mol. The van der Waals surface area contributed by atoms with Crippen LogP contribution in [-0.2, 0) is 0 Å². The second-order valence-electron chi connectivity index (χ2n) is 8.07. The number of nitrogens with one attached hydrogen (secondary N) is 1. The van der Waals surface area contributed by atoms with Crippen LogP contribution in [0.3, 0.4) is 0 Å². The lowest BCUT2D eigenvalue weighted by molar-refractivity contribution is 0.444. The second-order valence-corrected chi connectivity index (χ2v) is 8.07. The minimum atomic E-state index is -1.54.